The number of aryl methyl sites for hydroxylation is 1. The van der Waals surface area contributed by atoms with Crippen LogP contribution in [-0.2, 0) is 26.5 Å². The molecule has 0 saturated heterocycles. The molecule has 3 nitrogen and oxygen atoms in total. The molecule has 0 unspecified atom stereocenters. The molecule has 30 heavy (non-hydrogen) atoms. The number of rotatable bonds is 14. The molecule has 0 aliphatic rings. The van der Waals surface area contributed by atoms with Gasteiger partial charge in [0.2, 0.25) is 5.79 Å². The van der Waals surface area contributed by atoms with E-state index in [1.165, 1.54) is 44.1 Å². The van der Waals surface area contributed by atoms with Gasteiger partial charge in [-0.1, -0.05) is 91.4 Å². The zero-order chi connectivity index (χ0) is 21.8. The first-order valence-corrected chi connectivity index (χ1v) is 11.8. The van der Waals surface area contributed by atoms with Gasteiger partial charge in [0.25, 0.3) is 0 Å². The molecule has 2 aromatic rings. The molecule has 0 aliphatic heterocycles. The Hall–Kier alpha value is -1.49. The fraction of sp³-hybridized carbons (Fsp3) is 0.500. The Morgan fingerprint density at radius 3 is 2.07 bits per heavy atom. The fourth-order valence-corrected chi connectivity index (χ4v) is 4.38. The number of hydrogen-bond donors (Lipinski definition) is 0. The maximum Gasteiger partial charge on any atom is 0.201 e. The molecule has 2 aromatic carbocycles. The highest BCUT2D eigenvalue weighted by atomic mass is 79.9. The van der Waals surface area contributed by atoms with Gasteiger partial charge in [0.1, 0.15) is 6.29 Å². The van der Waals surface area contributed by atoms with Gasteiger partial charge in [-0.15, -0.1) is 0 Å². The second kappa shape index (κ2) is 13.0. The molecule has 2 rings (SSSR count). The quantitative estimate of drug-likeness (QED) is 0.165. The smallest absolute Gasteiger partial charge is 0.201 e. The average molecular weight is 475 g/mol. The summed E-state index contributed by atoms with van der Waals surface area (Å²) in [7, 11) is 3.27. The average Bonchev–Trinajstić information content (AvgIpc) is 2.78. The van der Waals surface area contributed by atoms with E-state index in [1.807, 2.05) is 24.3 Å². The van der Waals surface area contributed by atoms with E-state index in [-0.39, 0.29) is 5.92 Å². The van der Waals surface area contributed by atoms with Crippen molar-refractivity contribution in [2.24, 2.45) is 0 Å². The predicted molar refractivity (Wildman–Crippen MR) is 127 cm³/mol. The van der Waals surface area contributed by atoms with Crippen LogP contribution in [-0.4, -0.2) is 20.5 Å². The number of carbonyl (C=O) groups is 1. The largest absolute Gasteiger partial charge is 0.349 e. The van der Waals surface area contributed by atoms with Gasteiger partial charge in [0.05, 0.1) is 0 Å². The van der Waals surface area contributed by atoms with Crippen molar-refractivity contribution in [1.29, 1.82) is 0 Å². The first-order chi connectivity index (χ1) is 14.6. The van der Waals surface area contributed by atoms with Crippen molar-refractivity contribution < 1.29 is 14.3 Å². The maximum atomic E-state index is 11.6. The molecule has 0 N–H and O–H groups in total. The van der Waals surface area contributed by atoms with E-state index in [9.17, 15) is 4.79 Å². The van der Waals surface area contributed by atoms with E-state index in [0.717, 1.165) is 28.3 Å². The van der Waals surface area contributed by atoms with Crippen LogP contribution in [0.1, 0.15) is 74.5 Å². The van der Waals surface area contributed by atoms with Gasteiger partial charge in [-0.3, -0.25) is 0 Å². The summed E-state index contributed by atoms with van der Waals surface area (Å²) in [6, 6.07) is 16.5. The Balaban J connectivity index is 2.17. The molecule has 1 atom stereocenters. The van der Waals surface area contributed by atoms with E-state index in [1.54, 1.807) is 14.2 Å². The highest BCUT2D eigenvalue weighted by Gasteiger charge is 2.42. The second-order valence-electron chi connectivity index (χ2n) is 7.80. The number of benzene rings is 2. The van der Waals surface area contributed by atoms with Crippen LogP contribution >= 0.6 is 15.9 Å². The van der Waals surface area contributed by atoms with E-state index in [0.29, 0.717) is 6.42 Å². The van der Waals surface area contributed by atoms with Crippen LogP contribution in [0.5, 0.6) is 0 Å². The second-order valence-corrected chi connectivity index (χ2v) is 8.71. The molecule has 0 spiro atoms. The summed E-state index contributed by atoms with van der Waals surface area (Å²) in [5.74, 6) is -1.27. The molecule has 0 bridgehead atoms. The van der Waals surface area contributed by atoms with Gasteiger partial charge in [-0.25, -0.2) is 0 Å². The number of halogens is 1. The fourth-order valence-electron chi connectivity index (χ4n) is 4.12. The van der Waals surface area contributed by atoms with Crippen LogP contribution in [0.25, 0.3) is 0 Å². The molecular formula is C26H35BrO3. The first-order valence-electron chi connectivity index (χ1n) is 11.0. The molecule has 164 valence electrons. The molecule has 0 heterocycles. The number of ether oxygens (including phenoxy) is 2. The number of carbonyl (C=O) groups excluding carboxylic acids is 1. The number of methoxy groups -OCH3 is 2. The van der Waals surface area contributed by atoms with Crippen LogP contribution < -0.4 is 0 Å². The zero-order valence-corrected chi connectivity index (χ0v) is 20.1. The van der Waals surface area contributed by atoms with E-state index >= 15 is 0 Å². The molecule has 0 amide bonds. The minimum absolute atomic E-state index is 0.241. The predicted octanol–water partition coefficient (Wildman–Crippen LogP) is 7.17. The third-order valence-corrected chi connectivity index (χ3v) is 6.37. The minimum atomic E-state index is -1.03. The van der Waals surface area contributed by atoms with Crippen LogP contribution in [0, 0.1) is 0 Å². The lowest BCUT2D eigenvalue weighted by Gasteiger charge is -2.38. The standard InChI is InChI=1S/C26H35BrO3/c1-4-5-6-7-8-9-10-21-11-13-22(14-12-21)25(19-20-28)26(29-2,30-3)23-15-17-24(27)18-16-23/h11-18,20,25H,4-10,19H2,1-3H3/t25-/m0/s1. The SMILES string of the molecule is CCCCCCCCc1ccc([C@H](CC=O)C(OC)(OC)c2ccc(Br)cc2)cc1. The van der Waals surface area contributed by atoms with Crippen LogP contribution in [0.3, 0.4) is 0 Å². The molecule has 4 heteroatoms. The molecule has 0 aliphatic carbocycles. The molecular weight excluding hydrogens is 440 g/mol. The lowest BCUT2D eigenvalue weighted by molar-refractivity contribution is -0.232. The number of unbranched alkanes of at least 4 members (excludes halogenated alkanes) is 5. The summed E-state index contributed by atoms with van der Waals surface area (Å²) < 4.78 is 12.8. The minimum Gasteiger partial charge on any atom is -0.349 e. The van der Waals surface area contributed by atoms with Crippen molar-refractivity contribution in [2.45, 2.75) is 70.0 Å². The van der Waals surface area contributed by atoms with Gasteiger partial charge in [0.15, 0.2) is 0 Å². The van der Waals surface area contributed by atoms with E-state index in [4.69, 9.17) is 9.47 Å². The lowest BCUT2D eigenvalue weighted by Crippen LogP contribution is -2.38. The highest BCUT2D eigenvalue weighted by molar-refractivity contribution is 9.10. The third-order valence-electron chi connectivity index (χ3n) is 5.84. The van der Waals surface area contributed by atoms with Crippen LogP contribution in [0.2, 0.25) is 0 Å². The Bertz CT molecular complexity index is 736. The highest BCUT2D eigenvalue weighted by Crippen LogP contribution is 2.42. The monoisotopic (exact) mass is 474 g/mol. The van der Waals surface area contributed by atoms with Crippen LogP contribution in [0.15, 0.2) is 53.0 Å². The summed E-state index contributed by atoms with van der Waals surface area (Å²) >= 11 is 3.48. The van der Waals surface area contributed by atoms with E-state index in [2.05, 4.69) is 47.1 Å². The van der Waals surface area contributed by atoms with Crippen molar-refractivity contribution in [3.05, 3.63) is 69.7 Å². The Morgan fingerprint density at radius 1 is 0.900 bits per heavy atom. The molecule has 0 aromatic heterocycles. The zero-order valence-electron chi connectivity index (χ0n) is 18.5. The third kappa shape index (κ3) is 6.50. The van der Waals surface area contributed by atoms with Gasteiger partial charge in [0, 0.05) is 36.6 Å². The summed E-state index contributed by atoms with van der Waals surface area (Å²) in [6.07, 6.45) is 10.2. The van der Waals surface area contributed by atoms with E-state index < -0.39 is 5.79 Å². The summed E-state index contributed by atoms with van der Waals surface area (Å²) in [5, 5.41) is 0. The van der Waals surface area contributed by atoms with Gasteiger partial charge in [-0.2, -0.15) is 0 Å². The Kier molecular flexibility index (Phi) is 10.8. The summed E-state index contributed by atoms with van der Waals surface area (Å²) in [6.45, 7) is 2.25. The van der Waals surface area contributed by atoms with Gasteiger partial charge in [-0.05, 0) is 36.1 Å². The van der Waals surface area contributed by atoms with Crippen molar-refractivity contribution in [2.75, 3.05) is 14.2 Å². The lowest BCUT2D eigenvalue weighted by atomic mass is 9.83. The summed E-state index contributed by atoms with van der Waals surface area (Å²) in [4.78, 5) is 11.6. The number of aldehydes is 1. The van der Waals surface area contributed by atoms with Crippen molar-refractivity contribution in [3.8, 4) is 0 Å². The van der Waals surface area contributed by atoms with Crippen molar-refractivity contribution in [1.82, 2.24) is 0 Å². The normalized spacial score (nSPS) is 12.7. The summed E-state index contributed by atoms with van der Waals surface area (Å²) in [5.41, 5.74) is 3.27. The molecule has 0 saturated carbocycles. The number of hydrogen-bond acceptors (Lipinski definition) is 3. The topological polar surface area (TPSA) is 35.5 Å². The maximum absolute atomic E-state index is 11.6. The first kappa shape index (κ1) is 24.8. The molecule has 0 radical (unpaired) electrons. The Labute approximate surface area is 190 Å². The Morgan fingerprint density at radius 2 is 1.50 bits per heavy atom. The van der Waals surface area contributed by atoms with Crippen LogP contribution in [0.4, 0.5) is 0 Å². The van der Waals surface area contributed by atoms with Gasteiger partial charge >= 0.3 is 0 Å². The van der Waals surface area contributed by atoms with Gasteiger partial charge < -0.3 is 14.3 Å². The van der Waals surface area contributed by atoms with Crippen molar-refractivity contribution in [3.63, 3.8) is 0 Å². The molecule has 0 fully saturated rings. The van der Waals surface area contributed by atoms with Crippen molar-refractivity contribution >= 4 is 22.2 Å².